The third-order valence-electron chi connectivity index (χ3n) is 3.79. The maximum atomic E-state index is 13.2. The summed E-state index contributed by atoms with van der Waals surface area (Å²) in [5.74, 6) is -2.89. The van der Waals surface area contributed by atoms with Crippen molar-refractivity contribution in [1.29, 1.82) is 0 Å². The molecule has 0 radical (unpaired) electrons. The molecule has 0 spiro atoms. The SMILES string of the molecule is COC(=O)c1oc(C2CCC(F)(F)CC2)nc1C(C)(C)C. The van der Waals surface area contributed by atoms with Crippen LogP contribution in [0.1, 0.15) is 74.5 Å². The minimum atomic E-state index is -2.60. The van der Waals surface area contributed by atoms with Crippen LogP contribution >= 0.6 is 0 Å². The molecule has 1 heterocycles. The number of aromatic nitrogens is 1. The molecule has 118 valence electrons. The average molecular weight is 301 g/mol. The highest BCUT2D eigenvalue weighted by molar-refractivity contribution is 5.87. The molecule has 0 saturated heterocycles. The van der Waals surface area contributed by atoms with Crippen molar-refractivity contribution in [2.75, 3.05) is 7.11 Å². The van der Waals surface area contributed by atoms with E-state index in [0.29, 0.717) is 24.4 Å². The summed E-state index contributed by atoms with van der Waals surface area (Å²) in [7, 11) is 1.28. The molecule has 0 N–H and O–H groups in total. The fourth-order valence-corrected chi connectivity index (χ4v) is 2.54. The molecule has 0 atom stereocenters. The Hall–Kier alpha value is -1.46. The number of hydrogen-bond donors (Lipinski definition) is 0. The lowest BCUT2D eigenvalue weighted by atomic mass is 9.86. The van der Waals surface area contributed by atoms with Crippen LogP contribution in [0.3, 0.4) is 0 Å². The lowest BCUT2D eigenvalue weighted by molar-refractivity contribution is -0.0400. The van der Waals surface area contributed by atoms with Gasteiger partial charge < -0.3 is 9.15 Å². The predicted molar refractivity (Wildman–Crippen MR) is 72.7 cm³/mol. The molecule has 0 bridgehead atoms. The van der Waals surface area contributed by atoms with Gasteiger partial charge >= 0.3 is 5.97 Å². The lowest BCUT2D eigenvalue weighted by Gasteiger charge is -2.26. The fraction of sp³-hybridized carbons (Fsp3) is 0.733. The number of nitrogens with zero attached hydrogens (tertiary/aromatic N) is 1. The van der Waals surface area contributed by atoms with E-state index in [1.54, 1.807) is 0 Å². The Labute approximate surface area is 122 Å². The van der Waals surface area contributed by atoms with Gasteiger partial charge in [-0.3, -0.25) is 0 Å². The van der Waals surface area contributed by atoms with E-state index in [1.807, 2.05) is 20.8 Å². The monoisotopic (exact) mass is 301 g/mol. The average Bonchev–Trinajstić information content (AvgIpc) is 2.82. The minimum absolute atomic E-state index is 0.0809. The Morgan fingerprint density at radius 2 is 1.90 bits per heavy atom. The topological polar surface area (TPSA) is 52.3 Å². The number of halogens is 2. The van der Waals surface area contributed by atoms with Gasteiger partial charge in [-0.25, -0.2) is 18.6 Å². The van der Waals surface area contributed by atoms with Crippen molar-refractivity contribution in [3.05, 3.63) is 17.3 Å². The van der Waals surface area contributed by atoms with Crippen LogP contribution in [-0.2, 0) is 10.2 Å². The first-order valence-electron chi connectivity index (χ1n) is 7.11. The van der Waals surface area contributed by atoms with Crippen molar-refractivity contribution in [3.63, 3.8) is 0 Å². The molecule has 0 unspecified atom stereocenters. The highest BCUT2D eigenvalue weighted by Gasteiger charge is 2.38. The Morgan fingerprint density at radius 3 is 2.38 bits per heavy atom. The van der Waals surface area contributed by atoms with Gasteiger partial charge in [0.2, 0.25) is 11.7 Å². The molecule has 0 aromatic carbocycles. The van der Waals surface area contributed by atoms with Gasteiger partial charge in [-0.05, 0) is 12.8 Å². The molecule has 1 aromatic rings. The van der Waals surface area contributed by atoms with Gasteiger partial charge in [-0.1, -0.05) is 20.8 Å². The first-order valence-corrected chi connectivity index (χ1v) is 7.11. The van der Waals surface area contributed by atoms with Crippen molar-refractivity contribution in [2.24, 2.45) is 0 Å². The van der Waals surface area contributed by atoms with Crippen molar-refractivity contribution < 1.29 is 22.7 Å². The normalized spacial score (nSPS) is 19.5. The maximum Gasteiger partial charge on any atom is 0.376 e. The summed E-state index contributed by atoms with van der Waals surface area (Å²) in [6.07, 6.45) is 0.298. The van der Waals surface area contributed by atoms with Crippen molar-refractivity contribution >= 4 is 5.97 Å². The molecule has 4 nitrogen and oxygen atoms in total. The highest BCUT2D eigenvalue weighted by atomic mass is 19.3. The van der Waals surface area contributed by atoms with E-state index in [2.05, 4.69) is 4.98 Å². The lowest BCUT2D eigenvalue weighted by Crippen LogP contribution is -2.23. The predicted octanol–water partition coefficient (Wildman–Crippen LogP) is 4.05. The summed E-state index contributed by atoms with van der Waals surface area (Å²) in [4.78, 5) is 16.2. The van der Waals surface area contributed by atoms with E-state index in [-0.39, 0.29) is 29.9 Å². The Bertz CT molecular complexity index is 522. The maximum absolute atomic E-state index is 13.2. The van der Waals surface area contributed by atoms with Crippen LogP contribution in [0, 0.1) is 0 Å². The smallest absolute Gasteiger partial charge is 0.376 e. The zero-order chi connectivity index (χ0) is 15.8. The third-order valence-corrected chi connectivity index (χ3v) is 3.79. The summed E-state index contributed by atoms with van der Waals surface area (Å²) in [6, 6.07) is 0. The number of hydrogen-bond acceptors (Lipinski definition) is 4. The first kappa shape index (κ1) is 15.9. The molecule has 0 amide bonds. The molecule has 1 fully saturated rings. The molecule has 21 heavy (non-hydrogen) atoms. The number of oxazole rings is 1. The number of carbonyl (C=O) groups excluding carboxylic acids is 1. The molecule has 1 saturated carbocycles. The van der Waals surface area contributed by atoms with Crippen LogP contribution < -0.4 is 0 Å². The van der Waals surface area contributed by atoms with Gasteiger partial charge in [0.05, 0.1) is 12.8 Å². The number of esters is 1. The summed E-state index contributed by atoms with van der Waals surface area (Å²) >= 11 is 0. The van der Waals surface area contributed by atoms with E-state index in [0.717, 1.165) is 0 Å². The molecule has 2 rings (SSSR count). The Kier molecular flexibility index (Phi) is 4.08. The van der Waals surface area contributed by atoms with E-state index in [4.69, 9.17) is 9.15 Å². The Morgan fingerprint density at radius 1 is 1.33 bits per heavy atom. The summed E-state index contributed by atoms with van der Waals surface area (Å²) in [6.45, 7) is 5.74. The number of carbonyl (C=O) groups is 1. The van der Waals surface area contributed by atoms with E-state index in [1.165, 1.54) is 7.11 Å². The van der Waals surface area contributed by atoms with Crippen molar-refractivity contribution in [3.8, 4) is 0 Å². The van der Waals surface area contributed by atoms with E-state index < -0.39 is 11.9 Å². The molecule has 1 aliphatic rings. The number of alkyl halides is 2. The third kappa shape index (κ3) is 3.41. The quantitative estimate of drug-likeness (QED) is 0.773. The molecule has 1 aromatic heterocycles. The van der Waals surface area contributed by atoms with E-state index in [9.17, 15) is 13.6 Å². The summed E-state index contributed by atoms with van der Waals surface area (Å²) in [5, 5.41) is 0. The van der Waals surface area contributed by atoms with Gasteiger partial charge in [0.15, 0.2) is 5.89 Å². The molecule has 1 aliphatic carbocycles. The number of rotatable bonds is 2. The van der Waals surface area contributed by atoms with Crippen LogP contribution in [0.4, 0.5) is 8.78 Å². The molecule has 6 heteroatoms. The van der Waals surface area contributed by atoms with Gasteiger partial charge in [0, 0.05) is 24.2 Å². The van der Waals surface area contributed by atoms with Gasteiger partial charge in [0.1, 0.15) is 0 Å². The van der Waals surface area contributed by atoms with Crippen molar-refractivity contribution in [2.45, 2.75) is 63.7 Å². The van der Waals surface area contributed by atoms with Gasteiger partial charge in [-0.2, -0.15) is 0 Å². The number of methoxy groups -OCH3 is 1. The molecule has 0 aliphatic heterocycles. The Balaban J connectivity index is 2.30. The van der Waals surface area contributed by atoms with E-state index >= 15 is 0 Å². The standard InChI is InChI=1S/C15H21F2NO3/c1-14(2,3)11-10(13(19)20-4)21-12(18-11)9-5-7-15(16,17)8-6-9/h9H,5-8H2,1-4H3. The largest absolute Gasteiger partial charge is 0.463 e. The van der Waals surface area contributed by atoms with Gasteiger partial charge in [-0.15, -0.1) is 0 Å². The van der Waals surface area contributed by atoms with Gasteiger partial charge in [0.25, 0.3) is 0 Å². The zero-order valence-electron chi connectivity index (χ0n) is 12.8. The first-order chi connectivity index (χ1) is 9.64. The number of ether oxygens (including phenoxy) is 1. The van der Waals surface area contributed by atoms with Crippen LogP contribution in [0.2, 0.25) is 0 Å². The van der Waals surface area contributed by atoms with Crippen LogP contribution in [0.25, 0.3) is 0 Å². The van der Waals surface area contributed by atoms with Crippen LogP contribution in [0.15, 0.2) is 4.42 Å². The summed E-state index contributed by atoms with van der Waals surface area (Å²) in [5.41, 5.74) is 0.130. The second kappa shape index (κ2) is 5.39. The van der Waals surface area contributed by atoms with Crippen molar-refractivity contribution in [1.82, 2.24) is 4.98 Å². The highest BCUT2D eigenvalue weighted by Crippen LogP contribution is 2.41. The second-order valence-corrected chi connectivity index (χ2v) is 6.60. The van der Waals surface area contributed by atoms with Crippen LogP contribution in [0.5, 0.6) is 0 Å². The fourth-order valence-electron chi connectivity index (χ4n) is 2.54. The molecular formula is C15H21F2NO3. The zero-order valence-corrected chi connectivity index (χ0v) is 12.8. The second-order valence-electron chi connectivity index (χ2n) is 6.60. The minimum Gasteiger partial charge on any atom is -0.463 e. The van der Waals surface area contributed by atoms with Crippen LogP contribution in [-0.4, -0.2) is 24.0 Å². The molecular weight excluding hydrogens is 280 g/mol. The summed E-state index contributed by atoms with van der Waals surface area (Å²) < 4.78 is 36.7.